The van der Waals surface area contributed by atoms with Crippen LogP contribution in [0, 0.1) is 12.8 Å². The molecule has 0 saturated heterocycles. The summed E-state index contributed by atoms with van der Waals surface area (Å²) in [6.45, 7) is 6.45. The molecule has 4 nitrogen and oxygen atoms in total. The van der Waals surface area contributed by atoms with Gasteiger partial charge >= 0.3 is 0 Å². The van der Waals surface area contributed by atoms with E-state index in [2.05, 4.69) is 18.9 Å². The Hall–Kier alpha value is -1.49. The van der Waals surface area contributed by atoms with Crippen LogP contribution in [0.5, 0.6) is 0 Å². The second-order valence-corrected chi connectivity index (χ2v) is 6.89. The number of fused-ring (bicyclic) bond motifs is 5. The molecule has 0 saturated carbocycles. The van der Waals surface area contributed by atoms with E-state index in [4.69, 9.17) is 9.97 Å². The summed E-state index contributed by atoms with van der Waals surface area (Å²) in [5.74, 6) is 2.63. The van der Waals surface area contributed by atoms with Crippen molar-refractivity contribution in [1.29, 1.82) is 0 Å². The van der Waals surface area contributed by atoms with Crippen molar-refractivity contribution in [2.24, 2.45) is 5.92 Å². The molecular weight excluding hydrogens is 268 g/mol. The highest BCUT2D eigenvalue weighted by atomic mass is 32.1. The van der Waals surface area contributed by atoms with E-state index in [0.29, 0.717) is 0 Å². The Morgan fingerprint density at radius 2 is 2.20 bits per heavy atom. The van der Waals surface area contributed by atoms with Gasteiger partial charge < -0.3 is 0 Å². The maximum absolute atomic E-state index is 4.76. The summed E-state index contributed by atoms with van der Waals surface area (Å²) >= 11 is 1.86. The topological polar surface area (TPSA) is 43.1 Å². The van der Waals surface area contributed by atoms with E-state index in [9.17, 15) is 0 Å². The average Bonchev–Trinajstić information content (AvgIpc) is 2.98. The molecule has 1 aliphatic carbocycles. The van der Waals surface area contributed by atoms with Crippen molar-refractivity contribution >= 4 is 27.2 Å². The smallest absolute Gasteiger partial charge is 0.168 e. The lowest BCUT2D eigenvalue weighted by Gasteiger charge is -2.17. The van der Waals surface area contributed by atoms with Crippen molar-refractivity contribution in [1.82, 2.24) is 19.6 Å². The molecule has 1 aliphatic rings. The number of nitrogens with zero attached hydrogens (tertiary/aromatic N) is 4. The minimum atomic E-state index is 0.789. The number of hydrogen-bond acceptors (Lipinski definition) is 4. The molecular formula is C15H18N4S. The largest absolute Gasteiger partial charge is 0.222 e. The standard InChI is InChI=1S/C15H18N4S/c1-4-12-17-14-13-10-6-5-8(2)7-11(10)20-15(13)16-9(3)19(14)18-12/h8H,4-7H2,1-3H3/t8-/m0/s1. The quantitative estimate of drug-likeness (QED) is 0.689. The first kappa shape index (κ1) is 12.3. The summed E-state index contributed by atoms with van der Waals surface area (Å²) in [5.41, 5.74) is 2.49. The zero-order valence-electron chi connectivity index (χ0n) is 12.1. The summed E-state index contributed by atoms with van der Waals surface area (Å²) in [7, 11) is 0. The molecule has 0 N–H and O–H groups in total. The van der Waals surface area contributed by atoms with Crippen LogP contribution in [0.2, 0.25) is 0 Å². The Balaban J connectivity index is 2.10. The van der Waals surface area contributed by atoms with Gasteiger partial charge in [-0.25, -0.2) is 9.97 Å². The first-order valence-electron chi connectivity index (χ1n) is 7.34. The molecule has 0 unspecified atom stereocenters. The van der Waals surface area contributed by atoms with Crippen molar-refractivity contribution < 1.29 is 0 Å². The molecule has 0 aromatic carbocycles. The number of aromatic nitrogens is 4. The van der Waals surface area contributed by atoms with Crippen LogP contribution in [-0.4, -0.2) is 19.6 Å². The lowest BCUT2D eigenvalue weighted by atomic mass is 9.89. The minimum Gasteiger partial charge on any atom is -0.222 e. The lowest BCUT2D eigenvalue weighted by Crippen LogP contribution is -2.08. The fourth-order valence-electron chi connectivity index (χ4n) is 3.13. The lowest BCUT2D eigenvalue weighted by molar-refractivity contribution is 0.509. The van der Waals surface area contributed by atoms with Crippen molar-refractivity contribution in [2.75, 3.05) is 0 Å². The second-order valence-electron chi connectivity index (χ2n) is 5.81. The van der Waals surface area contributed by atoms with Gasteiger partial charge in [0.2, 0.25) is 0 Å². The third-order valence-corrected chi connectivity index (χ3v) is 5.40. The fourth-order valence-corrected chi connectivity index (χ4v) is 4.55. The molecule has 3 aromatic heterocycles. The van der Waals surface area contributed by atoms with Gasteiger partial charge in [0.1, 0.15) is 10.7 Å². The van der Waals surface area contributed by atoms with Gasteiger partial charge in [-0.1, -0.05) is 13.8 Å². The minimum absolute atomic E-state index is 0.789. The van der Waals surface area contributed by atoms with Gasteiger partial charge in [0, 0.05) is 11.3 Å². The predicted molar refractivity (Wildman–Crippen MR) is 81.5 cm³/mol. The molecule has 4 rings (SSSR count). The second kappa shape index (κ2) is 4.25. The fraction of sp³-hybridized carbons (Fsp3) is 0.533. The predicted octanol–water partition coefficient (Wildman–Crippen LogP) is 3.33. The molecule has 0 amide bonds. The van der Waals surface area contributed by atoms with Crippen LogP contribution < -0.4 is 0 Å². The Morgan fingerprint density at radius 1 is 1.35 bits per heavy atom. The molecule has 0 radical (unpaired) electrons. The van der Waals surface area contributed by atoms with Crippen molar-refractivity contribution in [2.45, 2.75) is 46.5 Å². The van der Waals surface area contributed by atoms with E-state index in [-0.39, 0.29) is 0 Å². The Kier molecular flexibility index (Phi) is 2.61. The van der Waals surface area contributed by atoms with Crippen LogP contribution in [0.25, 0.3) is 15.9 Å². The summed E-state index contributed by atoms with van der Waals surface area (Å²) in [6, 6.07) is 0. The van der Waals surface area contributed by atoms with Gasteiger partial charge in [-0.3, -0.25) is 0 Å². The first-order chi connectivity index (χ1) is 9.67. The molecule has 0 fully saturated rings. The van der Waals surface area contributed by atoms with E-state index in [0.717, 1.165) is 40.9 Å². The average molecular weight is 286 g/mol. The SMILES string of the molecule is CCc1nc2c3c4c(sc3nc(C)n2n1)C[C@@H](C)CC4. The highest BCUT2D eigenvalue weighted by Crippen LogP contribution is 2.38. The molecule has 1 atom stereocenters. The van der Waals surface area contributed by atoms with Crippen molar-refractivity contribution in [3.8, 4) is 0 Å². The van der Waals surface area contributed by atoms with Gasteiger partial charge in [0.15, 0.2) is 11.5 Å². The highest BCUT2D eigenvalue weighted by molar-refractivity contribution is 7.19. The molecule has 3 heterocycles. The molecule has 0 spiro atoms. The van der Waals surface area contributed by atoms with Crippen LogP contribution in [0.1, 0.15) is 42.4 Å². The molecule has 0 bridgehead atoms. The van der Waals surface area contributed by atoms with E-state index < -0.39 is 0 Å². The number of hydrogen-bond donors (Lipinski definition) is 0. The monoisotopic (exact) mass is 286 g/mol. The first-order valence-corrected chi connectivity index (χ1v) is 8.15. The summed E-state index contributed by atoms with van der Waals surface area (Å²) in [4.78, 5) is 12.2. The van der Waals surface area contributed by atoms with Gasteiger partial charge in [-0.05, 0) is 37.7 Å². The summed E-state index contributed by atoms with van der Waals surface area (Å²) in [6.07, 6.45) is 4.49. The van der Waals surface area contributed by atoms with Crippen LogP contribution in [0.4, 0.5) is 0 Å². The summed E-state index contributed by atoms with van der Waals surface area (Å²) in [5, 5.41) is 5.83. The number of rotatable bonds is 1. The zero-order chi connectivity index (χ0) is 13.9. The van der Waals surface area contributed by atoms with E-state index in [1.165, 1.54) is 28.7 Å². The maximum atomic E-state index is 4.76. The molecule has 5 heteroatoms. The van der Waals surface area contributed by atoms with Gasteiger partial charge in [-0.15, -0.1) is 16.4 Å². The van der Waals surface area contributed by atoms with Crippen LogP contribution >= 0.6 is 11.3 Å². The van der Waals surface area contributed by atoms with E-state index in [1.807, 2.05) is 22.8 Å². The van der Waals surface area contributed by atoms with Crippen molar-refractivity contribution in [3.05, 3.63) is 22.1 Å². The Morgan fingerprint density at radius 3 is 3.00 bits per heavy atom. The van der Waals surface area contributed by atoms with Gasteiger partial charge in [0.05, 0.1) is 5.39 Å². The van der Waals surface area contributed by atoms with Crippen LogP contribution in [0.3, 0.4) is 0 Å². The molecule has 104 valence electrons. The molecule has 0 aliphatic heterocycles. The highest BCUT2D eigenvalue weighted by Gasteiger charge is 2.24. The molecule has 3 aromatic rings. The van der Waals surface area contributed by atoms with E-state index in [1.54, 1.807) is 0 Å². The van der Waals surface area contributed by atoms with Gasteiger partial charge in [-0.2, -0.15) is 4.52 Å². The summed E-state index contributed by atoms with van der Waals surface area (Å²) < 4.78 is 1.92. The third-order valence-electron chi connectivity index (χ3n) is 4.25. The van der Waals surface area contributed by atoms with Crippen LogP contribution in [-0.2, 0) is 19.3 Å². The van der Waals surface area contributed by atoms with E-state index >= 15 is 0 Å². The normalized spacial score (nSPS) is 18.9. The number of aryl methyl sites for hydroxylation is 3. The third kappa shape index (κ3) is 1.62. The van der Waals surface area contributed by atoms with Crippen molar-refractivity contribution in [3.63, 3.8) is 0 Å². The zero-order valence-corrected chi connectivity index (χ0v) is 12.9. The maximum Gasteiger partial charge on any atom is 0.168 e. The molecule has 20 heavy (non-hydrogen) atoms. The number of thiophene rings is 1. The Bertz CT molecular complexity index is 814. The Labute approximate surface area is 121 Å². The van der Waals surface area contributed by atoms with Crippen LogP contribution in [0.15, 0.2) is 0 Å². The van der Waals surface area contributed by atoms with Gasteiger partial charge in [0.25, 0.3) is 0 Å².